The maximum atomic E-state index is 11.6. The Bertz CT molecular complexity index is 607. The van der Waals surface area contributed by atoms with Gasteiger partial charge >= 0.3 is 0 Å². The second-order valence-electron chi connectivity index (χ2n) is 3.61. The van der Waals surface area contributed by atoms with E-state index in [-0.39, 0.29) is 18.1 Å². The Morgan fingerprint density at radius 2 is 1.89 bits per heavy atom. The van der Waals surface area contributed by atoms with E-state index >= 15 is 0 Å². The number of H-pyrrole nitrogens is 1. The standard InChI is InChI=1S/C13H10ClNO3/c14-12(16)10-6-7-11(13(17)15-10)18-8-9-4-2-1-3-5-9/h1-7H,8H2,(H,15,17). The van der Waals surface area contributed by atoms with Crippen LogP contribution in [0, 0.1) is 0 Å². The third-order valence-electron chi connectivity index (χ3n) is 2.32. The zero-order valence-electron chi connectivity index (χ0n) is 9.35. The summed E-state index contributed by atoms with van der Waals surface area (Å²) >= 11 is 5.25. The predicted molar refractivity (Wildman–Crippen MR) is 68.0 cm³/mol. The van der Waals surface area contributed by atoms with E-state index in [4.69, 9.17) is 16.3 Å². The molecule has 92 valence electrons. The number of aromatic amines is 1. The first-order chi connectivity index (χ1) is 8.66. The average Bonchev–Trinajstić information content (AvgIpc) is 2.38. The van der Waals surface area contributed by atoms with Gasteiger partial charge in [-0.1, -0.05) is 30.3 Å². The maximum Gasteiger partial charge on any atom is 0.290 e. The van der Waals surface area contributed by atoms with Crippen molar-refractivity contribution in [2.24, 2.45) is 0 Å². The van der Waals surface area contributed by atoms with Crippen molar-refractivity contribution >= 4 is 16.8 Å². The van der Waals surface area contributed by atoms with Crippen molar-refractivity contribution in [2.75, 3.05) is 0 Å². The second kappa shape index (κ2) is 5.51. The van der Waals surface area contributed by atoms with Crippen molar-refractivity contribution in [3.63, 3.8) is 0 Å². The lowest BCUT2D eigenvalue weighted by Gasteiger charge is -2.05. The number of carbonyl (C=O) groups excluding carboxylic acids is 1. The Hall–Kier alpha value is -2.07. The van der Waals surface area contributed by atoms with E-state index in [0.29, 0.717) is 0 Å². The third-order valence-corrected chi connectivity index (χ3v) is 2.53. The molecule has 1 aromatic carbocycles. The highest BCUT2D eigenvalue weighted by atomic mass is 35.5. The lowest BCUT2D eigenvalue weighted by Crippen LogP contribution is -2.13. The molecule has 18 heavy (non-hydrogen) atoms. The number of hydrogen-bond acceptors (Lipinski definition) is 3. The molecule has 0 saturated carbocycles. The molecule has 4 nitrogen and oxygen atoms in total. The number of pyridine rings is 1. The van der Waals surface area contributed by atoms with E-state index in [1.165, 1.54) is 12.1 Å². The summed E-state index contributed by atoms with van der Waals surface area (Å²) in [5.74, 6) is 0.153. The van der Waals surface area contributed by atoms with Crippen LogP contribution in [0.5, 0.6) is 5.75 Å². The number of hydrogen-bond donors (Lipinski definition) is 1. The van der Waals surface area contributed by atoms with Crippen LogP contribution in [0.1, 0.15) is 16.1 Å². The van der Waals surface area contributed by atoms with E-state index < -0.39 is 10.8 Å². The molecule has 1 aromatic heterocycles. The highest BCUT2D eigenvalue weighted by Gasteiger charge is 2.06. The summed E-state index contributed by atoms with van der Waals surface area (Å²) in [7, 11) is 0. The van der Waals surface area contributed by atoms with Gasteiger partial charge in [-0.05, 0) is 29.3 Å². The van der Waals surface area contributed by atoms with Gasteiger partial charge in [0, 0.05) is 0 Å². The molecule has 5 heteroatoms. The summed E-state index contributed by atoms with van der Waals surface area (Å²) in [6, 6.07) is 12.3. The van der Waals surface area contributed by atoms with Crippen LogP contribution in [-0.2, 0) is 6.61 Å². The molecule has 0 radical (unpaired) electrons. The van der Waals surface area contributed by atoms with Crippen LogP contribution in [0.25, 0.3) is 0 Å². The number of carbonyl (C=O) groups is 1. The molecule has 1 N–H and O–H groups in total. The Morgan fingerprint density at radius 3 is 2.50 bits per heavy atom. The molecular weight excluding hydrogens is 254 g/mol. The van der Waals surface area contributed by atoms with Crippen LogP contribution in [0.15, 0.2) is 47.3 Å². The SMILES string of the molecule is O=C(Cl)c1ccc(OCc2ccccc2)c(=O)[nH]1. The molecule has 0 aliphatic heterocycles. The third kappa shape index (κ3) is 2.99. The van der Waals surface area contributed by atoms with Crippen molar-refractivity contribution in [3.8, 4) is 5.75 Å². The van der Waals surface area contributed by atoms with Crippen LogP contribution >= 0.6 is 11.6 Å². The molecule has 0 spiro atoms. The zero-order chi connectivity index (χ0) is 13.0. The first-order valence-corrected chi connectivity index (χ1v) is 5.64. The van der Waals surface area contributed by atoms with Crippen molar-refractivity contribution in [2.45, 2.75) is 6.61 Å². The molecule has 0 amide bonds. The summed E-state index contributed by atoms with van der Waals surface area (Å²) < 4.78 is 5.36. The Morgan fingerprint density at radius 1 is 1.17 bits per heavy atom. The van der Waals surface area contributed by atoms with Gasteiger partial charge in [-0.15, -0.1) is 0 Å². The van der Waals surface area contributed by atoms with Crippen LogP contribution in [0.4, 0.5) is 0 Å². The number of halogens is 1. The second-order valence-corrected chi connectivity index (χ2v) is 3.96. The number of benzene rings is 1. The highest BCUT2D eigenvalue weighted by Crippen LogP contribution is 2.08. The summed E-state index contributed by atoms with van der Waals surface area (Å²) in [5, 5.41) is -0.707. The minimum absolute atomic E-state index is 0.0497. The summed E-state index contributed by atoms with van der Waals surface area (Å²) in [6.45, 7) is 0.290. The molecule has 0 aliphatic rings. The van der Waals surface area contributed by atoms with Gasteiger partial charge in [0.05, 0.1) is 0 Å². The van der Waals surface area contributed by atoms with Crippen molar-refractivity contribution in [1.82, 2.24) is 4.98 Å². The monoisotopic (exact) mass is 263 g/mol. The molecular formula is C13H10ClNO3. The van der Waals surface area contributed by atoms with E-state index in [9.17, 15) is 9.59 Å². The summed E-state index contributed by atoms with van der Waals surface area (Å²) in [4.78, 5) is 24.8. The fourth-order valence-corrected chi connectivity index (χ4v) is 1.53. The summed E-state index contributed by atoms with van der Waals surface area (Å²) in [6.07, 6.45) is 0. The number of nitrogens with one attached hydrogen (secondary N) is 1. The number of aromatic nitrogens is 1. The van der Waals surface area contributed by atoms with Gasteiger partial charge in [-0.3, -0.25) is 9.59 Å². The van der Waals surface area contributed by atoms with Crippen molar-refractivity contribution in [3.05, 3.63) is 64.1 Å². The Kier molecular flexibility index (Phi) is 3.79. The van der Waals surface area contributed by atoms with Gasteiger partial charge in [-0.25, -0.2) is 0 Å². The van der Waals surface area contributed by atoms with E-state index in [1.54, 1.807) is 0 Å². The van der Waals surface area contributed by atoms with Gasteiger partial charge in [0.25, 0.3) is 10.8 Å². The number of rotatable bonds is 4. The lowest BCUT2D eigenvalue weighted by molar-refractivity contribution is 0.107. The molecule has 0 fully saturated rings. The zero-order valence-corrected chi connectivity index (χ0v) is 10.1. The fraction of sp³-hybridized carbons (Fsp3) is 0.0769. The summed E-state index contributed by atoms with van der Waals surface area (Å²) in [5.41, 5.74) is 0.528. The minimum Gasteiger partial charge on any atom is -0.483 e. The molecule has 2 rings (SSSR count). The number of ether oxygens (including phenoxy) is 1. The fourth-order valence-electron chi connectivity index (χ4n) is 1.42. The largest absolute Gasteiger partial charge is 0.483 e. The van der Waals surface area contributed by atoms with E-state index in [2.05, 4.69) is 4.98 Å². The van der Waals surface area contributed by atoms with Gasteiger partial charge in [0.15, 0.2) is 5.75 Å². The molecule has 1 heterocycles. The highest BCUT2D eigenvalue weighted by molar-refractivity contribution is 6.67. The van der Waals surface area contributed by atoms with Gasteiger partial charge in [-0.2, -0.15) is 0 Å². The predicted octanol–water partition coefficient (Wildman–Crippen LogP) is 2.33. The van der Waals surface area contributed by atoms with E-state index in [0.717, 1.165) is 5.56 Å². The first-order valence-electron chi connectivity index (χ1n) is 5.26. The average molecular weight is 264 g/mol. The Balaban J connectivity index is 2.11. The normalized spacial score (nSPS) is 10.1. The first kappa shape index (κ1) is 12.4. The van der Waals surface area contributed by atoms with Gasteiger partial charge < -0.3 is 9.72 Å². The molecule has 0 aliphatic carbocycles. The molecule has 2 aromatic rings. The van der Waals surface area contributed by atoms with Crippen LogP contribution in [0.2, 0.25) is 0 Å². The topological polar surface area (TPSA) is 59.2 Å². The van der Waals surface area contributed by atoms with Crippen molar-refractivity contribution in [1.29, 1.82) is 0 Å². The quantitative estimate of drug-likeness (QED) is 0.862. The maximum absolute atomic E-state index is 11.6. The van der Waals surface area contributed by atoms with E-state index in [1.807, 2.05) is 30.3 Å². The molecule has 0 bridgehead atoms. The van der Waals surface area contributed by atoms with Crippen LogP contribution in [0.3, 0.4) is 0 Å². The molecule has 0 saturated heterocycles. The van der Waals surface area contributed by atoms with Crippen molar-refractivity contribution < 1.29 is 9.53 Å². The smallest absolute Gasteiger partial charge is 0.290 e. The Labute approximate surface area is 108 Å². The van der Waals surface area contributed by atoms with Gasteiger partial charge in [0.2, 0.25) is 0 Å². The lowest BCUT2D eigenvalue weighted by atomic mass is 10.2. The van der Waals surface area contributed by atoms with Crippen LogP contribution < -0.4 is 10.3 Å². The van der Waals surface area contributed by atoms with Gasteiger partial charge in [0.1, 0.15) is 12.3 Å². The molecule has 0 atom stereocenters. The van der Waals surface area contributed by atoms with Crippen LogP contribution in [-0.4, -0.2) is 10.2 Å². The molecule has 0 unspecified atom stereocenters. The minimum atomic E-state index is -0.707.